The van der Waals surface area contributed by atoms with Crippen molar-refractivity contribution >= 4 is 0 Å². The SMILES string of the molecule is Cc1cc(=O)n(C)c(OC2CCCCC2)n1. The first-order valence-corrected chi connectivity index (χ1v) is 5.88. The minimum Gasteiger partial charge on any atom is -0.461 e. The van der Waals surface area contributed by atoms with Crippen LogP contribution in [0.2, 0.25) is 0 Å². The predicted molar refractivity (Wildman–Crippen MR) is 61.7 cm³/mol. The summed E-state index contributed by atoms with van der Waals surface area (Å²) in [6.45, 7) is 1.81. The van der Waals surface area contributed by atoms with Gasteiger partial charge in [0.1, 0.15) is 6.10 Å². The van der Waals surface area contributed by atoms with E-state index in [4.69, 9.17) is 4.74 Å². The fourth-order valence-electron chi connectivity index (χ4n) is 2.07. The van der Waals surface area contributed by atoms with Gasteiger partial charge >= 0.3 is 0 Å². The summed E-state index contributed by atoms with van der Waals surface area (Å²) in [6.07, 6.45) is 6.09. The molecule has 88 valence electrons. The van der Waals surface area contributed by atoms with Crippen molar-refractivity contribution in [3.63, 3.8) is 0 Å². The lowest BCUT2D eigenvalue weighted by molar-refractivity contribution is 0.134. The summed E-state index contributed by atoms with van der Waals surface area (Å²) >= 11 is 0. The largest absolute Gasteiger partial charge is 0.461 e. The number of rotatable bonds is 2. The van der Waals surface area contributed by atoms with Crippen molar-refractivity contribution in [3.05, 3.63) is 22.1 Å². The molecule has 16 heavy (non-hydrogen) atoms. The molecule has 0 N–H and O–H groups in total. The van der Waals surface area contributed by atoms with Crippen LogP contribution in [0.1, 0.15) is 37.8 Å². The first-order chi connectivity index (χ1) is 7.66. The van der Waals surface area contributed by atoms with Gasteiger partial charge in [-0.1, -0.05) is 6.42 Å². The smallest absolute Gasteiger partial charge is 0.299 e. The highest BCUT2D eigenvalue weighted by molar-refractivity contribution is 5.06. The molecule has 1 saturated carbocycles. The van der Waals surface area contributed by atoms with E-state index in [2.05, 4.69) is 4.98 Å². The van der Waals surface area contributed by atoms with Crippen LogP contribution in [0.25, 0.3) is 0 Å². The van der Waals surface area contributed by atoms with Gasteiger partial charge in [-0.3, -0.25) is 9.36 Å². The summed E-state index contributed by atoms with van der Waals surface area (Å²) in [5, 5.41) is 0. The zero-order valence-electron chi connectivity index (χ0n) is 9.90. The molecule has 0 aliphatic heterocycles. The van der Waals surface area contributed by atoms with Crippen LogP contribution in [0.4, 0.5) is 0 Å². The van der Waals surface area contributed by atoms with E-state index in [-0.39, 0.29) is 11.7 Å². The van der Waals surface area contributed by atoms with Crippen LogP contribution in [0, 0.1) is 6.92 Å². The van der Waals surface area contributed by atoms with E-state index in [1.165, 1.54) is 29.9 Å². The highest BCUT2D eigenvalue weighted by atomic mass is 16.5. The third-order valence-electron chi connectivity index (χ3n) is 3.05. The molecule has 1 aliphatic carbocycles. The maximum atomic E-state index is 11.5. The molecule has 0 radical (unpaired) electrons. The monoisotopic (exact) mass is 222 g/mol. The number of aromatic nitrogens is 2. The predicted octanol–water partition coefficient (Wildman–Crippen LogP) is 1.80. The van der Waals surface area contributed by atoms with Crippen molar-refractivity contribution in [1.29, 1.82) is 0 Å². The van der Waals surface area contributed by atoms with E-state index in [0.29, 0.717) is 11.7 Å². The van der Waals surface area contributed by atoms with Crippen molar-refractivity contribution in [2.75, 3.05) is 0 Å². The van der Waals surface area contributed by atoms with Crippen LogP contribution < -0.4 is 10.3 Å². The maximum Gasteiger partial charge on any atom is 0.299 e. The Morgan fingerprint density at radius 1 is 1.38 bits per heavy atom. The van der Waals surface area contributed by atoms with Crippen LogP contribution >= 0.6 is 0 Å². The Kier molecular flexibility index (Phi) is 3.27. The Balaban J connectivity index is 2.16. The molecule has 1 aliphatic rings. The Labute approximate surface area is 95.3 Å². The van der Waals surface area contributed by atoms with Gasteiger partial charge in [-0.05, 0) is 32.6 Å². The molecular weight excluding hydrogens is 204 g/mol. The van der Waals surface area contributed by atoms with E-state index >= 15 is 0 Å². The highest BCUT2D eigenvalue weighted by Crippen LogP contribution is 2.21. The van der Waals surface area contributed by atoms with Gasteiger partial charge in [0.05, 0.1) is 0 Å². The first kappa shape index (κ1) is 11.2. The second-order valence-electron chi connectivity index (χ2n) is 4.46. The van der Waals surface area contributed by atoms with Crippen LogP contribution in [0.3, 0.4) is 0 Å². The van der Waals surface area contributed by atoms with E-state index in [1.807, 2.05) is 6.92 Å². The van der Waals surface area contributed by atoms with Gasteiger partial charge in [0.15, 0.2) is 0 Å². The molecule has 0 atom stereocenters. The molecule has 4 heteroatoms. The van der Waals surface area contributed by atoms with Crippen LogP contribution in [-0.4, -0.2) is 15.7 Å². The quantitative estimate of drug-likeness (QED) is 0.766. The van der Waals surface area contributed by atoms with Crippen LogP contribution in [0.5, 0.6) is 6.01 Å². The Morgan fingerprint density at radius 2 is 2.06 bits per heavy atom. The normalized spacial score (nSPS) is 17.4. The zero-order valence-corrected chi connectivity index (χ0v) is 9.90. The van der Waals surface area contributed by atoms with Gasteiger partial charge in [-0.15, -0.1) is 0 Å². The molecule has 0 amide bonds. The summed E-state index contributed by atoms with van der Waals surface area (Å²) in [5.74, 6) is 0. The van der Waals surface area contributed by atoms with E-state index < -0.39 is 0 Å². The number of aryl methyl sites for hydroxylation is 1. The average molecular weight is 222 g/mol. The third kappa shape index (κ3) is 2.43. The minimum absolute atomic E-state index is 0.0571. The van der Waals surface area contributed by atoms with Gasteiger partial charge < -0.3 is 4.74 Å². The number of nitrogens with zero attached hydrogens (tertiary/aromatic N) is 2. The summed E-state index contributed by atoms with van der Waals surface area (Å²) in [6, 6.07) is 1.98. The van der Waals surface area contributed by atoms with Crippen LogP contribution in [-0.2, 0) is 7.05 Å². The molecule has 0 unspecified atom stereocenters. The van der Waals surface area contributed by atoms with Gasteiger partial charge in [-0.25, -0.2) is 4.98 Å². The molecule has 2 rings (SSSR count). The summed E-state index contributed by atoms with van der Waals surface area (Å²) in [4.78, 5) is 15.8. The molecule has 4 nitrogen and oxygen atoms in total. The van der Waals surface area contributed by atoms with Crippen molar-refractivity contribution in [2.45, 2.75) is 45.1 Å². The van der Waals surface area contributed by atoms with Gasteiger partial charge in [0, 0.05) is 18.8 Å². The number of hydrogen-bond donors (Lipinski definition) is 0. The lowest BCUT2D eigenvalue weighted by atomic mass is 9.98. The lowest BCUT2D eigenvalue weighted by Gasteiger charge is -2.23. The van der Waals surface area contributed by atoms with Crippen molar-refractivity contribution in [2.24, 2.45) is 7.05 Å². The molecule has 1 fully saturated rings. The minimum atomic E-state index is -0.0571. The average Bonchev–Trinajstić information content (AvgIpc) is 2.27. The fourth-order valence-corrected chi connectivity index (χ4v) is 2.07. The van der Waals surface area contributed by atoms with E-state index in [0.717, 1.165) is 12.8 Å². The van der Waals surface area contributed by atoms with E-state index in [1.54, 1.807) is 7.05 Å². The molecule has 1 aromatic rings. The zero-order chi connectivity index (χ0) is 11.5. The second-order valence-corrected chi connectivity index (χ2v) is 4.46. The maximum absolute atomic E-state index is 11.5. The topological polar surface area (TPSA) is 44.1 Å². The second kappa shape index (κ2) is 4.68. The molecule has 1 heterocycles. The van der Waals surface area contributed by atoms with Crippen LogP contribution in [0.15, 0.2) is 10.9 Å². The summed E-state index contributed by atoms with van der Waals surface area (Å²) in [5.41, 5.74) is 0.659. The Hall–Kier alpha value is -1.32. The standard InChI is InChI=1S/C12H18N2O2/c1-9-8-11(15)14(2)12(13-9)16-10-6-4-3-5-7-10/h8,10H,3-7H2,1-2H3. The summed E-state index contributed by atoms with van der Waals surface area (Å²) < 4.78 is 7.27. The lowest BCUT2D eigenvalue weighted by Crippen LogP contribution is -2.26. The van der Waals surface area contributed by atoms with Gasteiger partial charge in [0.2, 0.25) is 0 Å². The molecular formula is C12H18N2O2. The van der Waals surface area contributed by atoms with Gasteiger partial charge in [-0.2, -0.15) is 0 Å². The highest BCUT2D eigenvalue weighted by Gasteiger charge is 2.17. The fraction of sp³-hybridized carbons (Fsp3) is 0.667. The molecule has 0 bridgehead atoms. The molecule has 0 aromatic carbocycles. The van der Waals surface area contributed by atoms with E-state index in [9.17, 15) is 4.79 Å². The van der Waals surface area contributed by atoms with Crippen molar-refractivity contribution in [3.8, 4) is 6.01 Å². The Morgan fingerprint density at radius 3 is 2.75 bits per heavy atom. The molecule has 0 saturated heterocycles. The molecule has 0 spiro atoms. The van der Waals surface area contributed by atoms with Crippen molar-refractivity contribution in [1.82, 2.24) is 9.55 Å². The number of ether oxygens (including phenoxy) is 1. The first-order valence-electron chi connectivity index (χ1n) is 5.88. The third-order valence-corrected chi connectivity index (χ3v) is 3.05. The van der Waals surface area contributed by atoms with Crippen molar-refractivity contribution < 1.29 is 4.74 Å². The van der Waals surface area contributed by atoms with Gasteiger partial charge in [0.25, 0.3) is 11.6 Å². The summed E-state index contributed by atoms with van der Waals surface area (Å²) in [7, 11) is 1.70. The Bertz CT molecular complexity index is 420. The molecule has 1 aromatic heterocycles. The number of hydrogen-bond acceptors (Lipinski definition) is 3.